The second-order valence-corrected chi connectivity index (χ2v) is 5.28. The van der Waals surface area contributed by atoms with Crippen LogP contribution in [-0.4, -0.2) is 19.1 Å². The van der Waals surface area contributed by atoms with E-state index in [-0.39, 0.29) is 11.9 Å². The summed E-state index contributed by atoms with van der Waals surface area (Å²) < 4.78 is 6.19. The third kappa shape index (κ3) is 4.31. The monoisotopic (exact) mass is 314 g/mol. The number of aryl methyl sites for hydroxylation is 1. The number of halogens is 1. The quantitative estimate of drug-likeness (QED) is 0.878. The number of hydrogen-bond acceptors (Lipinski definition) is 3. The van der Waals surface area contributed by atoms with Gasteiger partial charge >= 0.3 is 0 Å². The van der Waals surface area contributed by atoms with Crippen molar-refractivity contribution in [3.05, 3.63) is 22.2 Å². The van der Waals surface area contributed by atoms with Crippen LogP contribution in [0.15, 0.2) is 16.6 Å². The molecule has 1 rings (SSSR count). The Morgan fingerprint density at radius 2 is 2.22 bits per heavy atom. The number of nitrogens with one attached hydrogen (secondary N) is 1. The molecule has 18 heavy (non-hydrogen) atoms. The van der Waals surface area contributed by atoms with Gasteiger partial charge in [-0.15, -0.1) is 0 Å². The number of carbonyl (C=O) groups is 1. The van der Waals surface area contributed by atoms with Gasteiger partial charge in [-0.3, -0.25) is 4.79 Å². The maximum Gasteiger partial charge on any atom is 0.224 e. The predicted octanol–water partition coefficient (Wildman–Crippen LogP) is 2.83. The summed E-state index contributed by atoms with van der Waals surface area (Å²) >= 11 is 3.39. The normalized spacial score (nSPS) is 12.1. The lowest BCUT2D eigenvalue weighted by Crippen LogP contribution is -2.20. The van der Waals surface area contributed by atoms with Crippen LogP contribution in [-0.2, 0) is 4.79 Å². The van der Waals surface area contributed by atoms with Crippen LogP contribution in [0.1, 0.15) is 25.3 Å². The minimum atomic E-state index is -0.0453. The first kappa shape index (κ1) is 15.0. The summed E-state index contributed by atoms with van der Waals surface area (Å²) in [5.74, 6) is 0.604. The smallest absolute Gasteiger partial charge is 0.224 e. The summed E-state index contributed by atoms with van der Waals surface area (Å²) in [5.41, 5.74) is 7.30. The van der Waals surface area contributed by atoms with Crippen molar-refractivity contribution < 1.29 is 9.53 Å². The van der Waals surface area contributed by atoms with Crippen molar-refractivity contribution in [2.24, 2.45) is 5.73 Å². The first-order valence-electron chi connectivity index (χ1n) is 5.83. The van der Waals surface area contributed by atoms with E-state index in [2.05, 4.69) is 21.2 Å². The minimum absolute atomic E-state index is 0.0312. The molecule has 100 valence electrons. The molecule has 1 aromatic carbocycles. The predicted molar refractivity (Wildman–Crippen MR) is 76.9 cm³/mol. The molecule has 0 saturated carbocycles. The van der Waals surface area contributed by atoms with Gasteiger partial charge in [0.1, 0.15) is 5.75 Å². The second-order valence-electron chi connectivity index (χ2n) is 4.36. The van der Waals surface area contributed by atoms with Crippen LogP contribution < -0.4 is 15.8 Å². The molecule has 4 nitrogen and oxygen atoms in total. The van der Waals surface area contributed by atoms with Gasteiger partial charge in [0, 0.05) is 16.9 Å². The van der Waals surface area contributed by atoms with Gasteiger partial charge in [-0.05, 0) is 38.0 Å². The summed E-state index contributed by atoms with van der Waals surface area (Å²) in [5, 5.41) is 2.87. The van der Waals surface area contributed by atoms with Crippen molar-refractivity contribution in [1.29, 1.82) is 0 Å². The van der Waals surface area contributed by atoms with Gasteiger partial charge in [-0.2, -0.15) is 0 Å². The molecule has 0 aromatic heterocycles. The fourth-order valence-electron chi connectivity index (χ4n) is 1.59. The molecule has 0 aliphatic heterocycles. The second kappa shape index (κ2) is 6.75. The van der Waals surface area contributed by atoms with E-state index < -0.39 is 0 Å². The maximum atomic E-state index is 11.8. The molecule has 1 aromatic rings. The Kier molecular flexibility index (Phi) is 5.62. The highest BCUT2D eigenvalue weighted by atomic mass is 79.9. The number of anilines is 1. The van der Waals surface area contributed by atoms with Crippen molar-refractivity contribution in [1.82, 2.24) is 0 Å². The van der Waals surface area contributed by atoms with Crippen LogP contribution in [0.3, 0.4) is 0 Å². The summed E-state index contributed by atoms with van der Waals surface area (Å²) in [6.45, 7) is 3.81. The molecule has 1 unspecified atom stereocenters. The van der Waals surface area contributed by atoms with Crippen LogP contribution in [0.5, 0.6) is 5.75 Å². The van der Waals surface area contributed by atoms with Crippen molar-refractivity contribution in [2.75, 3.05) is 12.4 Å². The zero-order valence-electron chi connectivity index (χ0n) is 10.9. The van der Waals surface area contributed by atoms with E-state index in [1.165, 1.54) is 0 Å². The van der Waals surface area contributed by atoms with Crippen molar-refractivity contribution in [3.8, 4) is 5.75 Å². The van der Waals surface area contributed by atoms with Crippen molar-refractivity contribution in [2.45, 2.75) is 32.7 Å². The number of rotatable bonds is 5. The molecule has 0 aliphatic carbocycles. The molecular weight excluding hydrogens is 296 g/mol. The lowest BCUT2D eigenvalue weighted by Gasteiger charge is -2.14. The SMILES string of the molecule is COc1cc(Br)cc(C)c1NC(=O)CCC(C)N. The molecule has 1 atom stereocenters. The van der Waals surface area contributed by atoms with E-state index in [4.69, 9.17) is 10.5 Å². The number of carbonyl (C=O) groups excluding carboxylic acids is 1. The lowest BCUT2D eigenvalue weighted by atomic mass is 10.1. The highest BCUT2D eigenvalue weighted by molar-refractivity contribution is 9.10. The first-order valence-corrected chi connectivity index (χ1v) is 6.63. The Bertz CT molecular complexity index is 433. The summed E-state index contributed by atoms with van der Waals surface area (Å²) in [6.07, 6.45) is 1.08. The van der Waals surface area contributed by atoms with E-state index >= 15 is 0 Å². The number of hydrogen-bond donors (Lipinski definition) is 2. The van der Waals surface area contributed by atoms with Gasteiger partial charge < -0.3 is 15.8 Å². The lowest BCUT2D eigenvalue weighted by molar-refractivity contribution is -0.116. The van der Waals surface area contributed by atoms with Gasteiger partial charge in [-0.25, -0.2) is 0 Å². The molecular formula is C13H19BrN2O2. The molecule has 0 aliphatic rings. The van der Waals surface area contributed by atoms with E-state index in [0.29, 0.717) is 18.6 Å². The van der Waals surface area contributed by atoms with E-state index in [1.807, 2.05) is 26.0 Å². The zero-order chi connectivity index (χ0) is 13.7. The number of benzene rings is 1. The van der Waals surface area contributed by atoms with Crippen LogP contribution >= 0.6 is 15.9 Å². The van der Waals surface area contributed by atoms with E-state index in [1.54, 1.807) is 7.11 Å². The summed E-state index contributed by atoms with van der Waals surface area (Å²) in [7, 11) is 1.58. The fourth-order valence-corrected chi connectivity index (χ4v) is 2.15. The zero-order valence-corrected chi connectivity index (χ0v) is 12.5. The highest BCUT2D eigenvalue weighted by Crippen LogP contribution is 2.32. The molecule has 0 bridgehead atoms. The Morgan fingerprint density at radius 1 is 1.56 bits per heavy atom. The summed E-state index contributed by atoms with van der Waals surface area (Å²) in [4.78, 5) is 11.8. The van der Waals surface area contributed by atoms with Crippen LogP contribution in [0.4, 0.5) is 5.69 Å². The molecule has 0 radical (unpaired) electrons. The molecule has 0 spiro atoms. The first-order chi connectivity index (χ1) is 8.43. The average molecular weight is 315 g/mol. The Hall–Kier alpha value is -1.07. The topological polar surface area (TPSA) is 64.3 Å². The third-order valence-corrected chi connectivity index (χ3v) is 3.03. The van der Waals surface area contributed by atoms with Gasteiger partial charge in [0.25, 0.3) is 0 Å². The van der Waals surface area contributed by atoms with Gasteiger partial charge in [0.2, 0.25) is 5.91 Å². The molecule has 0 saturated heterocycles. The Balaban J connectivity index is 2.80. The molecule has 0 heterocycles. The standard InChI is InChI=1S/C13H19BrN2O2/c1-8-6-10(14)7-11(18-3)13(8)16-12(17)5-4-9(2)15/h6-7,9H,4-5,15H2,1-3H3,(H,16,17). The maximum absolute atomic E-state index is 11.8. The van der Waals surface area contributed by atoms with Crippen LogP contribution in [0.2, 0.25) is 0 Å². The van der Waals surface area contributed by atoms with Crippen LogP contribution in [0.25, 0.3) is 0 Å². The van der Waals surface area contributed by atoms with Crippen LogP contribution in [0, 0.1) is 6.92 Å². The van der Waals surface area contributed by atoms with Gasteiger partial charge in [0.05, 0.1) is 12.8 Å². The van der Waals surface area contributed by atoms with E-state index in [0.717, 1.165) is 15.7 Å². The number of nitrogens with two attached hydrogens (primary N) is 1. The number of methoxy groups -OCH3 is 1. The van der Waals surface area contributed by atoms with Gasteiger partial charge in [0.15, 0.2) is 0 Å². The highest BCUT2D eigenvalue weighted by Gasteiger charge is 2.12. The molecule has 5 heteroatoms. The molecule has 3 N–H and O–H groups in total. The van der Waals surface area contributed by atoms with Gasteiger partial charge in [-0.1, -0.05) is 15.9 Å². The molecule has 0 fully saturated rings. The van der Waals surface area contributed by atoms with Crippen molar-refractivity contribution >= 4 is 27.5 Å². The molecule has 1 amide bonds. The summed E-state index contributed by atoms with van der Waals surface area (Å²) in [6, 6.07) is 3.79. The van der Waals surface area contributed by atoms with Crippen molar-refractivity contribution in [3.63, 3.8) is 0 Å². The Labute approximate surface area is 116 Å². The Morgan fingerprint density at radius 3 is 2.78 bits per heavy atom. The minimum Gasteiger partial charge on any atom is -0.495 e. The average Bonchev–Trinajstić information content (AvgIpc) is 2.29. The third-order valence-electron chi connectivity index (χ3n) is 2.58. The largest absolute Gasteiger partial charge is 0.495 e. The number of ether oxygens (including phenoxy) is 1. The fraction of sp³-hybridized carbons (Fsp3) is 0.462. The van der Waals surface area contributed by atoms with E-state index in [9.17, 15) is 4.79 Å². The number of amides is 1.